The van der Waals surface area contributed by atoms with Gasteiger partial charge in [0.1, 0.15) is 0 Å². The fourth-order valence-corrected chi connectivity index (χ4v) is 2.09. The molecule has 0 heterocycles. The highest BCUT2D eigenvalue weighted by Gasteiger charge is 1.98. The van der Waals surface area contributed by atoms with E-state index >= 15 is 0 Å². The summed E-state index contributed by atoms with van der Waals surface area (Å²) < 4.78 is 4.61. The number of carbonyl (C=O) groups is 1. The van der Waals surface area contributed by atoms with Crippen molar-refractivity contribution in [1.29, 1.82) is 0 Å². The van der Waals surface area contributed by atoms with Crippen LogP contribution in [0.15, 0.2) is 12.2 Å². The highest BCUT2D eigenvalue weighted by Crippen LogP contribution is 2.08. The van der Waals surface area contributed by atoms with Crippen LogP contribution in [0.3, 0.4) is 0 Å². The van der Waals surface area contributed by atoms with E-state index in [1.165, 1.54) is 64.9 Å². The summed E-state index contributed by atoms with van der Waals surface area (Å²) in [6.45, 7) is 2.26. The average molecular weight is 268 g/mol. The van der Waals surface area contributed by atoms with Crippen LogP contribution in [0, 0.1) is 0 Å². The lowest BCUT2D eigenvalue weighted by molar-refractivity contribution is -0.140. The predicted octanol–water partition coefficient (Wildman–Crippen LogP) is 5.42. The molecular formula is C17H32O2. The normalized spacial score (nSPS) is 11.1. The van der Waals surface area contributed by atoms with Gasteiger partial charge in [0.2, 0.25) is 0 Å². The van der Waals surface area contributed by atoms with Gasteiger partial charge in [0.25, 0.3) is 0 Å². The molecule has 0 amide bonds. The van der Waals surface area contributed by atoms with Gasteiger partial charge in [0, 0.05) is 6.42 Å². The molecule has 0 aromatic heterocycles. The Morgan fingerprint density at radius 2 is 1.37 bits per heavy atom. The summed E-state index contributed by atoms with van der Waals surface area (Å²) in [5.74, 6) is -0.0806. The summed E-state index contributed by atoms with van der Waals surface area (Å²) in [5, 5.41) is 0. The van der Waals surface area contributed by atoms with E-state index in [4.69, 9.17) is 0 Å². The number of ether oxygens (including phenoxy) is 1. The Labute approximate surface area is 119 Å². The Kier molecular flexibility index (Phi) is 14.6. The van der Waals surface area contributed by atoms with Crippen LogP contribution in [0.4, 0.5) is 0 Å². The molecule has 112 valence electrons. The Morgan fingerprint density at radius 1 is 0.842 bits per heavy atom. The number of hydrogen-bond acceptors (Lipinski definition) is 2. The SMILES string of the molecule is CCCCCCC/C=C\CCCCCCC(=O)OC. The van der Waals surface area contributed by atoms with Gasteiger partial charge in [-0.1, -0.05) is 57.6 Å². The number of esters is 1. The summed E-state index contributed by atoms with van der Waals surface area (Å²) in [4.78, 5) is 10.9. The van der Waals surface area contributed by atoms with Gasteiger partial charge < -0.3 is 4.74 Å². The summed E-state index contributed by atoms with van der Waals surface area (Å²) in [6.07, 6.45) is 19.1. The second-order valence-electron chi connectivity index (χ2n) is 5.20. The molecule has 0 unspecified atom stereocenters. The van der Waals surface area contributed by atoms with Crippen molar-refractivity contribution in [3.8, 4) is 0 Å². The second-order valence-corrected chi connectivity index (χ2v) is 5.20. The zero-order valence-corrected chi connectivity index (χ0v) is 13.0. The van der Waals surface area contributed by atoms with Crippen LogP contribution < -0.4 is 0 Å². The van der Waals surface area contributed by atoms with Crippen molar-refractivity contribution in [3.05, 3.63) is 12.2 Å². The van der Waals surface area contributed by atoms with E-state index in [9.17, 15) is 4.79 Å². The lowest BCUT2D eigenvalue weighted by Crippen LogP contribution is -1.98. The van der Waals surface area contributed by atoms with E-state index in [-0.39, 0.29) is 5.97 Å². The molecule has 2 heteroatoms. The molecule has 0 aliphatic rings. The quantitative estimate of drug-likeness (QED) is 0.253. The van der Waals surface area contributed by atoms with Crippen molar-refractivity contribution >= 4 is 5.97 Å². The Morgan fingerprint density at radius 3 is 1.89 bits per heavy atom. The number of methoxy groups -OCH3 is 1. The Hall–Kier alpha value is -0.790. The van der Waals surface area contributed by atoms with Crippen LogP contribution in [0.2, 0.25) is 0 Å². The molecule has 0 aliphatic heterocycles. The number of rotatable bonds is 13. The third kappa shape index (κ3) is 15.2. The molecule has 0 aromatic rings. The molecule has 0 fully saturated rings. The molecule has 19 heavy (non-hydrogen) atoms. The molecule has 0 saturated carbocycles. The molecule has 2 nitrogen and oxygen atoms in total. The van der Waals surface area contributed by atoms with Crippen molar-refractivity contribution in [2.45, 2.75) is 84.0 Å². The molecular weight excluding hydrogens is 236 g/mol. The number of hydrogen-bond donors (Lipinski definition) is 0. The monoisotopic (exact) mass is 268 g/mol. The highest BCUT2D eigenvalue weighted by atomic mass is 16.5. The zero-order valence-electron chi connectivity index (χ0n) is 13.0. The molecule has 0 rings (SSSR count). The van der Waals surface area contributed by atoms with E-state index in [0.29, 0.717) is 6.42 Å². The van der Waals surface area contributed by atoms with E-state index in [1.807, 2.05) is 0 Å². The first kappa shape index (κ1) is 18.2. The maximum absolute atomic E-state index is 10.9. The maximum atomic E-state index is 10.9. The van der Waals surface area contributed by atoms with E-state index < -0.39 is 0 Å². The molecule has 0 spiro atoms. The maximum Gasteiger partial charge on any atom is 0.305 e. The summed E-state index contributed by atoms with van der Waals surface area (Å²) >= 11 is 0. The summed E-state index contributed by atoms with van der Waals surface area (Å²) in [6, 6.07) is 0. The smallest absolute Gasteiger partial charge is 0.305 e. The second kappa shape index (κ2) is 15.3. The minimum absolute atomic E-state index is 0.0806. The van der Waals surface area contributed by atoms with Crippen molar-refractivity contribution in [3.63, 3.8) is 0 Å². The molecule has 0 aliphatic carbocycles. The third-order valence-electron chi connectivity index (χ3n) is 3.37. The Bertz CT molecular complexity index is 221. The van der Waals surface area contributed by atoms with Crippen LogP contribution in [0.1, 0.15) is 84.0 Å². The van der Waals surface area contributed by atoms with Gasteiger partial charge in [-0.25, -0.2) is 0 Å². The first-order valence-corrected chi connectivity index (χ1v) is 8.03. The lowest BCUT2D eigenvalue weighted by atomic mass is 10.1. The molecule has 0 saturated heterocycles. The van der Waals surface area contributed by atoms with E-state index in [2.05, 4.69) is 23.8 Å². The Balaban J connectivity index is 3.10. The van der Waals surface area contributed by atoms with Crippen LogP contribution >= 0.6 is 0 Å². The molecule has 0 radical (unpaired) electrons. The minimum Gasteiger partial charge on any atom is -0.469 e. The first-order valence-electron chi connectivity index (χ1n) is 8.03. The largest absolute Gasteiger partial charge is 0.469 e. The summed E-state index contributed by atoms with van der Waals surface area (Å²) in [5.41, 5.74) is 0. The van der Waals surface area contributed by atoms with Crippen molar-refractivity contribution in [2.75, 3.05) is 7.11 Å². The standard InChI is InChI=1S/C17H32O2/c1-3-4-5-6-7-8-9-10-11-12-13-14-15-16-17(18)19-2/h9-10H,3-8,11-16H2,1-2H3/b10-9-. The fourth-order valence-electron chi connectivity index (χ4n) is 2.09. The van der Waals surface area contributed by atoms with Gasteiger partial charge in [0.05, 0.1) is 7.11 Å². The highest BCUT2D eigenvalue weighted by molar-refractivity contribution is 5.68. The fraction of sp³-hybridized carbons (Fsp3) is 0.824. The zero-order chi connectivity index (χ0) is 14.2. The minimum atomic E-state index is -0.0806. The number of carbonyl (C=O) groups excluding carboxylic acids is 1. The van der Waals surface area contributed by atoms with Crippen LogP contribution in [-0.4, -0.2) is 13.1 Å². The predicted molar refractivity (Wildman–Crippen MR) is 82.2 cm³/mol. The number of unbranched alkanes of at least 4 members (excludes halogenated alkanes) is 9. The van der Waals surface area contributed by atoms with E-state index in [0.717, 1.165) is 12.8 Å². The van der Waals surface area contributed by atoms with Gasteiger partial charge >= 0.3 is 5.97 Å². The molecule has 0 atom stereocenters. The van der Waals surface area contributed by atoms with Crippen molar-refractivity contribution in [1.82, 2.24) is 0 Å². The molecule has 0 bridgehead atoms. The number of allylic oxidation sites excluding steroid dienone is 2. The third-order valence-corrected chi connectivity index (χ3v) is 3.37. The molecule has 0 aromatic carbocycles. The summed E-state index contributed by atoms with van der Waals surface area (Å²) in [7, 11) is 1.45. The van der Waals surface area contributed by atoms with Gasteiger partial charge in [-0.05, 0) is 32.1 Å². The first-order chi connectivity index (χ1) is 9.31. The van der Waals surface area contributed by atoms with Gasteiger partial charge in [-0.2, -0.15) is 0 Å². The van der Waals surface area contributed by atoms with Gasteiger partial charge in [0.15, 0.2) is 0 Å². The van der Waals surface area contributed by atoms with E-state index in [1.54, 1.807) is 0 Å². The van der Waals surface area contributed by atoms with Crippen LogP contribution in [0.5, 0.6) is 0 Å². The van der Waals surface area contributed by atoms with Crippen LogP contribution in [-0.2, 0) is 9.53 Å². The van der Waals surface area contributed by atoms with Crippen molar-refractivity contribution < 1.29 is 9.53 Å². The van der Waals surface area contributed by atoms with Gasteiger partial charge in [-0.15, -0.1) is 0 Å². The lowest BCUT2D eigenvalue weighted by Gasteiger charge is -1.99. The van der Waals surface area contributed by atoms with Crippen LogP contribution in [0.25, 0.3) is 0 Å². The van der Waals surface area contributed by atoms with Gasteiger partial charge in [-0.3, -0.25) is 4.79 Å². The average Bonchev–Trinajstić information content (AvgIpc) is 2.43. The topological polar surface area (TPSA) is 26.3 Å². The van der Waals surface area contributed by atoms with Crippen molar-refractivity contribution in [2.24, 2.45) is 0 Å². The molecule has 0 N–H and O–H groups in total.